The van der Waals surface area contributed by atoms with Crippen molar-refractivity contribution in [1.82, 2.24) is 0 Å². The third-order valence-electron chi connectivity index (χ3n) is 4.75. The Morgan fingerprint density at radius 2 is 1.57 bits per heavy atom. The fraction of sp³-hybridized carbons (Fsp3) is 0.875. The minimum absolute atomic E-state index is 0.0701. The molecule has 1 saturated carbocycles. The highest BCUT2D eigenvalue weighted by molar-refractivity contribution is 5.86. The van der Waals surface area contributed by atoms with E-state index >= 15 is 0 Å². The summed E-state index contributed by atoms with van der Waals surface area (Å²) in [5.74, 6) is -3.92. The Hall–Kier alpha value is -1.02. The minimum atomic E-state index is -2.31. The van der Waals surface area contributed by atoms with Crippen LogP contribution in [0.2, 0.25) is 0 Å². The Labute approximate surface area is 137 Å². The Morgan fingerprint density at radius 3 is 2.04 bits per heavy atom. The van der Waals surface area contributed by atoms with E-state index in [0.29, 0.717) is 12.8 Å². The van der Waals surface area contributed by atoms with Gasteiger partial charge in [0, 0.05) is 7.29 Å². The van der Waals surface area contributed by atoms with Crippen LogP contribution >= 0.6 is 0 Å². The largest absolute Gasteiger partial charge is 0.479 e. The van der Waals surface area contributed by atoms with Gasteiger partial charge in [-0.05, 0) is 30.6 Å². The number of ketones is 1. The molecule has 1 fully saturated rings. The number of carbonyl (C=O) groups is 2. The molecule has 0 spiro atoms. The van der Waals surface area contributed by atoms with Gasteiger partial charge in [-0.15, -0.1) is 0 Å². The molecule has 0 aromatic heterocycles. The summed E-state index contributed by atoms with van der Waals surface area (Å²) in [6, 6.07) is 0. The molecule has 3 unspecified atom stereocenters. The molecular weight excluding hydrogens is 304 g/mol. The zero-order valence-electron chi connectivity index (χ0n) is 14.7. The van der Waals surface area contributed by atoms with Crippen molar-refractivity contribution in [1.29, 1.82) is 0 Å². The molecule has 0 bridgehead atoms. The lowest BCUT2D eigenvalue weighted by Crippen LogP contribution is -2.52. The average molecular weight is 333 g/mol. The Kier molecular flexibility index (Phi) is 6.52. The number of rotatable bonds is 7. The molecule has 7 nitrogen and oxygen atoms in total. The van der Waals surface area contributed by atoms with Gasteiger partial charge in [0.1, 0.15) is 18.3 Å². The molecule has 7 heteroatoms. The van der Waals surface area contributed by atoms with Crippen molar-refractivity contribution in [2.45, 2.75) is 64.4 Å². The number of aliphatic carboxylic acids is 1. The Balaban J connectivity index is 2.93. The van der Waals surface area contributed by atoms with Gasteiger partial charge < -0.3 is 25.5 Å². The molecule has 7 atom stereocenters. The summed E-state index contributed by atoms with van der Waals surface area (Å²) >= 11 is 0. The zero-order valence-corrected chi connectivity index (χ0v) is 13.7. The van der Waals surface area contributed by atoms with Crippen molar-refractivity contribution in [3.8, 4) is 0 Å². The number of aliphatic hydroxyl groups is 4. The number of hydrogen-bond donors (Lipinski definition) is 5. The van der Waals surface area contributed by atoms with Gasteiger partial charge in [-0.2, -0.15) is 0 Å². The second kappa shape index (κ2) is 8.19. The second-order valence-corrected chi connectivity index (χ2v) is 6.83. The monoisotopic (exact) mass is 333 g/mol. The lowest BCUT2D eigenvalue weighted by Gasteiger charge is -2.38. The normalized spacial score (nSPS) is 34.3. The lowest BCUT2D eigenvalue weighted by molar-refractivity contribution is -0.168. The van der Waals surface area contributed by atoms with Crippen LogP contribution < -0.4 is 0 Å². The van der Waals surface area contributed by atoms with Crippen LogP contribution in [-0.2, 0) is 9.59 Å². The van der Waals surface area contributed by atoms with Crippen LogP contribution in [0.1, 0.15) is 41.4 Å². The smallest absolute Gasteiger partial charge is 0.335 e. The summed E-state index contributed by atoms with van der Waals surface area (Å²) in [6.45, 7) is 5.57. The van der Waals surface area contributed by atoms with Crippen molar-refractivity contribution < 1.29 is 36.5 Å². The molecule has 5 N–H and O–H groups in total. The summed E-state index contributed by atoms with van der Waals surface area (Å²) in [4.78, 5) is 23.3. The molecule has 0 amide bonds. The van der Waals surface area contributed by atoms with Crippen LogP contribution in [-0.4, -0.2) is 61.7 Å². The van der Waals surface area contributed by atoms with E-state index in [1.807, 2.05) is 13.8 Å². The maximum Gasteiger partial charge on any atom is 0.335 e. The molecule has 23 heavy (non-hydrogen) atoms. The van der Waals surface area contributed by atoms with Crippen LogP contribution in [0.15, 0.2) is 0 Å². The third kappa shape index (κ3) is 4.73. The van der Waals surface area contributed by atoms with E-state index in [2.05, 4.69) is 0 Å². The predicted molar refractivity (Wildman–Crippen MR) is 81.5 cm³/mol. The van der Waals surface area contributed by atoms with Gasteiger partial charge in [0.2, 0.25) is 0 Å². The van der Waals surface area contributed by atoms with Crippen molar-refractivity contribution in [2.75, 3.05) is 0 Å². The first-order chi connectivity index (χ1) is 10.9. The van der Waals surface area contributed by atoms with Gasteiger partial charge in [0.05, 0.1) is 0 Å². The number of aliphatic hydroxyl groups excluding tert-OH is 4. The van der Waals surface area contributed by atoms with Crippen LogP contribution in [0.5, 0.6) is 0 Å². The molecule has 0 saturated heterocycles. The highest BCUT2D eigenvalue weighted by atomic mass is 16.4. The standard InChI is InChI=1S/C16H28O7/c1-7(2)9-5-4-8(3)6-10(9)11(17)12(18)13(19)14(20)15(21)16(22)23/h7-10,12-15,18-21H,4-6H2,1-3H3,(H,22,23)/t8?,9?,10?,12-,13+,14-,15-/m0/s1/i8D. The minimum Gasteiger partial charge on any atom is -0.479 e. The summed E-state index contributed by atoms with van der Waals surface area (Å²) in [7, 11) is 0. The third-order valence-corrected chi connectivity index (χ3v) is 4.75. The van der Waals surface area contributed by atoms with Gasteiger partial charge in [0.15, 0.2) is 11.9 Å². The predicted octanol–water partition coefficient (Wildman–Crippen LogP) is -0.208. The van der Waals surface area contributed by atoms with Crippen LogP contribution in [0.25, 0.3) is 0 Å². The highest BCUT2D eigenvalue weighted by Gasteiger charge is 2.43. The SMILES string of the molecule is [2H]C1(C)CCC(C(C)C)C(C(=O)[C@H](O)[C@@H](O)[C@H](O)[C@H](O)C(=O)O)C1. The number of carboxylic acids is 1. The molecule has 1 rings (SSSR count). The summed E-state index contributed by atoms with van der Waals surface area (Å²) in [5.41, 5.74) is 0. The van der Waals surface area contributed by atoms with Crippen molar-refractivity contribution in [3.05, 3.63) is 0 Å². The van der Waals surface area contributed by atoms with E-state index < -0.39 is 48.0 Å². The maximum absolute atomic E-state index is 12.6. The van der Waals surface area contributed by atoms with E-state index in [1.54, 1.807) is 6.92 Å². The second-order valence-electron chi connectivity index (χ2n) is 6.83. The van der Waals surface area contributed by atoms with Crippen LogP contribution in [0, 0.1) is 23.6 Å². The van der Waals surface area contributed by atoms with E-state index in [1.165, 1.54) is 0 Å². The summed E-state index contributed by atoms with van der Waals surface area (Å²) < 4.78 is 8.17. The molecule has 134 valence electrons. The molecule has 0 aromatic carbocycles. The van der Waals surface area contributed by atoms with Gasteiger partial charge in [-0.3, -0.25) is 4.79 Å². The molecule has 0 radical (unpaired) electrons. The molecule has 0 aliphatic heterocycles. The van der Waals surface area contributed by atoms with Crippen molar-refractivity contribution in [3.63, 3.8) is 0 Å². The molecular formula is C16H28O7. The topological polar surface area (TPSA) is 135 Å². The first-order valence-corrected chi connectivity index (χ1v) is 7.88. The first-order valence-electron chi connectivity index (χ1n) is 8.38. The molecule has 0 heterocycles. The quantitative estimate of drug-likeness (QED) is 0.435. The zero-order chi connectivity index (χ0) is 18.8. The van der Waals surface area contributed by atoms with Gasteiger partial charge >= 0.3 is 5.97 Å². The number of hydrogen-bond acceptors (Lipinski definition) is 6. The van der Waals surface area contributed by atoms with Crippen LogP contribution in [0.3, 0.4) is 0 Å². The van der Waals surface area contributed by atoms with E-state index in [-0.39, 0.29) is 18.3 Å². The molecule has 1 aliphatic carbocycles. The van der Waals surface area contributed by atoms with E-state index in [0.717, 1.165) is 0 Å². The molecule has 0 aromatic rings. The van der Waals surface area contributed by atoms with Crippen LogP contribution in [0.4, 0.5) is 0 Å². The van der Waals surface area contributed by atoms with Crippen molar-refractivity contribution >= 4 is 11.8 Å². The van der Waals surface area contributed by atoms with Gasteiger partial charge in [-0.1, -0.05) is 27.2 Å². The average Bonchev–Trinajstić information content (AvgIpc) is 2.49. The molecule has 1 aliphatic rings. The van der Waals surface area contributed by atoms with Gasteiger partial charge in [-0.25, -0.2) is 4.79 Å². The number of Topliss-reactive ketones (excluding diaryl/α,β-unsaturated/α-hetero) is 1. The van der Waals surface area contributed by atoms with Gasteiger partial charge in [0.25, 0.3) is 0 Å². The summed E-state index contributed by atoms with van der Waals surface area (Å²) in [6.07, 6.45) is -7.16. The first kappa shape index (κ1) is 18.3. The summed E-state index contributed by atoms with van der Waals surface area (Å²) in [5, 5.41) is 47.5. The fourth-order valence-electron chi connectivity index (χ4n) is 3.26. The number of carboxylic acid groups (broad SMARTS) is 1. The lowest BCUT2D eigenvalue weighted by atomic mass is 9.67. The Bertz CT molecular complexity index is 465. The highest BCUT2D eigenvalue weighted by Crippen LogP contribution is 2.39. The van der Waals surface area contributed by atoms with Crippen molar-refractivity contribution in [2.24, 2.45) is 23.6 Å². The number of carbonyl (C=O) groups excluding carboxylic acids is 1. The Morgan fingerprint density at radius 1 is 1.04 bits per heavy atom. The maximum atomic E-state index is 12.6. The fourth-order valence-corrected chi connectivity index (χ4v) is 3.26. The van der Waals surface area contributed by atoms with E-state index in [9.17, 15) is 30.0 Å². The van der Waals surface area contributed by atoms with E-state index in [4.69, 9.17) is 6.48 Å².